The molecule has 1 saturated carbocycles. The van der Waals surface area contributed by atoms with Crippen LogP contribution in [0.3, 0.4) is 0 Å². The van der Waals surface area contributed by atoms with Crippen molar-refractivity contribution in [3.63, 3.8) is 0 Å². The minimum absolute atomic E-state index is 0.0988. The van der Waals surface area contributed by atoms with Gasteiger partial charge < -0.3 is 0 Å². The second kappa shape index (κ2) is 4.10. The molecule has 98 valence electrons. The van der Waals surface area contributed by atoms with Gasteiger partial charge in [0.1, 0.15) is 5.15 Å². The lowest BCUT2D eigenvalue weighted by molar-refractivity contribution is 0.487. The van der Waals surface area contributed by atoms with E-state index in [-0.39, 0.29) is 16.3 Å². The summed E-state index contributed by atoms with van der Waals surface area (Å²) in [5.41, 5.74) is -0.0462. The smallest absolute Gasteiger partial charge is 0.297 e. The summed E-state index contributed by atoms with van der Waals surface area (Å²) < 4.78 is 1.29. The van der Waals surface area contributed by atoms with E-state index in [1.165, 1.54) is 4.57 Å². The fourth-order valence-electron chi connectivity index (χ4n) is 2.26. The molecule has 3 rings (SSSR count). The Balaban J connectivity index is 2.33. The SMILES string of the molecule is CC1(n2c(=O)[nH]c(Cl)c(-c3ccccc3)c2=O)CC1. The largest absolute Gasteiger partial charge is 0.330 e. The first kappa shape index (κ1) is 12.2. The number of benzene rings is 1. The second-order valence-electron chi connectivity index (χ2n) is 5.12. The Kier molecular flexibility index (Phi) is 2.64. The lowest BCUT2D eigenvalue weighted by Crippen LogP contribution is -2.41. The molecular weight excluding hydrogens is 264 g/mol. The summed E-state index contributed by atoms with van der Waals surface area (Å²) in [5.74, 6) is 0. The van der Waals surface area contributed by atoms with Crippen molar-refractivity contribution in [3.8, 4) is 11.1 Å². The molecule has 0 amide bonds. The zero-order valence-corrected chi connectivity index (χ0v) is 11.2. The quantitative estimate of drug-likeness (QED) is 0.856. The van der Waals surface area contributed by atoms with Crippen molar-refractivity contribution in [2.24, 2.45) is 0 Å². The summed E-state index contributed by atoms with van der Waals surface area (Å²) in [6.07, 6.45) is 1.68. The maximum absolute atomic E-state index is 12.6. The Morgan fingerprint density at radius 1 is 1.21 bits per heavy atom. The molecule has 1 fully saturated rings. The van der Waals surface area contributed by atoms with Crippen LogP contribution in [0, 0.1) is 0 Å². The number of H-pyrrole nitrogens is 1. The van der Waals surface area contributed by atoms with Gasteiger partial charge in [-0.3, -0.25) is 14.3 Å². The molecule has 0 saturated heterocycles. The molecule has 0 bridgehead atoms. The van der Waals surface area contributed by atoms with Crippen molar-refractivity contribution >= 4 is 11.6 Å². The first-order valence-electron chi connectivity index (χ1n) is 6.14. The molecule has 1 N–H and O–H groups in total. The highest BCUT2D eigenvalue weighted by molar-refractivity contribution is 6.32. The number of aromatic amines is 1. The molecule has 0 radical (unpaired) electrons. The molecule has 1 aliphatic carbocycles. The predicted octanol–water partition coefficient (Wildman–Crippen LogP) is 2.37. The monoisotopic (exact) mass is 276 g/mol. The van der Waals surface area contributed by atoms with Crippen molar-refractivity contribution < 1.29 is 0 Å². The standard InChI is InChI=1S/C14H13ClN2O2/c1-14(7-8-14)17-12(18)10(11(15)16-13(17)19)9-5-3-2-4-6-9/h2-6H,7-8H2,1H3,(H,16,19). The lowest BCUT2D eigenvalue weighted by Gasteiger charge is -2.14. The number of rotatable bonds is 2. The van der Waals surface area contributed by atoms with E-state index in [1.807, 2.05) is 25.1 Å². The van der Waals surface area contributed by atoms with E-state index in [9.17, 15) is 9.59 Å². The van der Waals surface area contributed by atoms with Gasteiger partial charge in [-0.05, 0) is 25.3 Å². The first-order chi connectivity index (χ1) is 9.03. The molecule has 5 heteroatoms. The molecule has 0 atom stereocenters. The Labute approximate surface area is 114 Å². The number of halogens is 1. The molecule has 1 heterocycles. The average Bonchev–Trinajstić information content (AvgIpc) is 3.08. The molecule has 0 unspecified atom stereocenters. The third-order valence-electron chi connectivity index (χ3n) is 3.63. The molecule has 1 aromatic carbocycles. The van der Waals surface area contributed by atoms with Crippen molar-refractivity contribution in [1.29, 1.82) is 0 Å². The van der Waals surface area contributed by atoms with Crippen LogP contribution in [-0.4, -0.2) is 9.55 Å². The van der Waals surface area contributed by atoms with Crippen molar-refractivity contribution in [3.05, 3.63) is 56.3 Å². The topological polar surface area (TPSA) is 54.9 Å². The molecule has 0 aliphatic heterocycles. The van der Waals surface area contributed by atoms with Crippen LogP contribution in [0.1, 0.15) is 19.8 Å². The van der Waals surface area contributed by atoms with E-state index in [2.05, 4.69) is 4.98 Å². The van der Waals surface area contributed by atoms with Gasteiger partial charge in [0.2, 0.25) is 0 Å². The first-order valence-corrected chi connectivity index (χ1v) is 6.51. The van der Waals surface area contributed by atoms with Crippen molar-refractivity contribution in [2.75, 3.05) is 0 Å². The second-order valence-corrected chi connectivity index (χ2v) is 5.50. The summed E-state index contributed by atoms with van der Waals surface area (Å²) in [7, 11) is 0. The minimum Gasteiger partial charge on any atom is -0.297 e. The van der Waals surface area contributed by atoms with E-state index in [0.717, 1.165) is 12.8 Å². The molecule has 2 aromatic rings. The third-order valence-corrected chi connectivity index (χ3v) is 3.92. The highest BCUT2D eigenvalue weighted by atomic mass is 35.5. The number of hydrogen-bond donors (Lipinski definition) is 1. The predicted molar refractivity (Wildman–Crippen MR) is 74.7 cm³/mol. The van der Waals surface area contributed by atoms with Crippen LogP contribution in [-0.2, 0) is 5.54 Å². The van der Waals surface area contributed by atoms with Crippen LogP contribution in [0.2, 0.25) is 5.15 Å². The maximum atomic E-state index is 12.6. The van der Waals surface area contributed by atoms with Crippen molar-refractivity contribution in [1.82, 2.24) is 9.55 Å². The Bertz CT molecular complexity index is 742. The highest BCUT2D eigenvalue weighted by Crippen LogP contribution is 2.41. The zero-order valence-electron chi connectivity index (χ0n) is 10.4. The van der Waals surface area contributed by atoms with Crippen LogP contribution in [0.15, 0.2) is 39.9 Å². The number of nitrogens with zero attached hydrogens (tertiary/aromatic N) is 1. The van der Waals surface area contributed by atoms with Gasteiger partial charge >= 0.3 is 5.69 Å². The van der Waals surface area contributed by atoms with Gasteiger partial charge in [-0.15, -0.1) is 0 Å². The minimum atomic E-state index is -0.435. The average molecular weight is 277 g/mol. The van der Waals surface area contributed by atoms with Crippen LogP contribution in [0.5, 0.6) is 0 Å². The number of hydrogen-bond acceptors (Lipinski definition) is 2. The van der Waals surface area contributed by atoms with Gasteiger partial charge in [-0.1, -0.05) is 41.9 Å². The van der Waals surface area contributed by atoms with Crippen LogP contribution >= 0.6 is 11.6 Å². The Morgan fingerprint density at radius 3 is 2.42 bits per heavy atom. The van der Waals surface area contributed by atoms with Gasteiger partial charge in [-0.2, -0.15) is 0 Å². The van der Waals surface area contributed by atoms with E-state index in [4.69, 9.17) is 11.6 Å². The molecule has 0 spiro atoms. The summed E-state index contributed by atoms with van der Waals surface area (Å²) in [6.45, 7) is 1.91. The van der Waals surface area contributed by atoms with E-state index in [0.29, 0.717) is 11.1 Å². The van der Waals surface area contributed by atoms with Gasteiger partial charge in [0.25, 0.3) is 5.56 Å². The lowest BCUT2D eigenvalue weighted by atomic mass is 10.1. The fraction of sp³-hybridized carbons (Fsp3) is 0.286. The maximum Gasteiger partial charge on any atom is 0.330 e. The Hall–Kier alpha value is -1.81. The van der Waals surface area contributed by atoms with E-state index < -0.39 is 5.69 Å². The number of aromatic nitrogens is 2. The van der Waals surface area contributed by atoms with E-state index >= 15 is 0 Å². The summed E-state index contributed by atoms with van der Waals surface area (Å²) in [4.78, 5) is 27.1. The Morgan fingerprint density at radius 2 is 1.84 bits per heavy atom. The summed E-state index contributed by atoms with van der Waals surface area (Å²) >= 11 is 6.04. The van der Waals surface area contributed by atoms with Gasteiger partial charge in [-0.25, -0.2) is 4.79 Å². The third kappa shape index (κ3) is 1.92. The van der Waals surface area contributed by atoms with Gasteiger partial charge in [0, 0.05) is 0 Å². The normalized spacial score (nSPS) is 16.3. The summed E-state index contributed by atoms with van der Waals surface area (Å²) in [5, 5.41) is 0.0988. The highest BCUT2D eigenvalue weighted by Gasteiger charge is 2.42. The number of nitrogens with one attached hydrogen (secondary N) is 1. The zero-order chi connectivity index (χ0) is 13.6. The van der Waals surface area contributed by atoms with Crippen LogP contribution in [0.4, 0.5) is 0 Å². The van der Waals surface area contributed by atoms with Crippen LogP contribution < -0.4 is 11.2 Å². The molecule has 19 heavy (non-hydrogen) atoms. The molecule has 1 aromatic heterocycles. The van der Waals surface area contributed by atoms with Gasteiger partial charge in [0.05, 0.1) is 11.1 Å². The van der Waals surface area contributed by atoms with Crippen LogP contribution in [0.25, 0.3) is 11.1 Å². The fourth-order valence-corrected chi connectivity index (χ4v) is 2.53. The van der Waals surface area contributed by atoms with E-state index in [1.54, 1.807) is 12.1 Å². The van der Waals surface area contributed by atoms with Crippen molar-refractivity contribution in [2.45, 2.75) is 25.3 Å². The molecule has 4 nitrogen and oxygen atoms in total. The molecule has 1 aliphatic rings. The molecular formula is C14H13ClN2O2. The van der Waals surface area contributed by atoms with Gasteiger partial charge in [0.15, 0.2) is 0 Å². The summed E-state index contributed by atoms with van der Waals surface area (Å²) in [6, 6.07) is 9.14.